The molecule has 0 unspecified atom stereocenters. The number of anilines is 1. The van der Waals surface area contributed by atoms with Crippen molar-refractivity contribution in [3.63, 3.8) is 0 Å². The fraction of sp³-hybridized carbons (Fsp3) is 0.114. The Morgan fingerprint density at radius 2 is 1.28 bits per heavy atom. The van der Waals surface area contributed by atoms with Crippen LogP contribution in [0.2, 0.25) is 20.1 Å². The number of hydrogen-bond acceptors (Lipinski definition) is 6. The number of benzene rings is 3. The van der Waals surface area contributed by atoms with E-state index in [0.717, 1.165) is 51.4 Å². The van der Waals surface area contributed by atoms with E-state index in [1.54, 1.807) is 12.1 Å². The van der Waals surface area contributed by atoms with Gasteiger partial charge < -0.3 is 4.90 Å². The molecule has 0 fully saturated rings. The van der Waals surface area contributed by atoms with Crippen molar-refractivity contribution in [1.82, 2.24) is 0 Å². The molecular weight excluding hydrogens is 690 g/mol. The quantitative estimate of drug-likeness (QED) is 0.258. The van der Waals surface area contributed by atoms with Crippen molar-refractivity contribution in [2.24, 2.45) is 4.99 Å². The highest BCUT2D eigenvalue weighted by Crippen LogP contribution is 2.33. The third kappa shape index (κ3) is 11.9. The Morgan fingerprint density at radius 1 is 0.739 bits per heavy atom. The van der Waals surface area contributed by atoms with Crippen LogP contribution in [0, 0.1) is 10.2 Å². The predicted octanol–water partition coefficient (Wildman–Crippen LogP) is 6.20. The van der Waals surface area contributed by atoms with Gasteiger partial charge in [0.1, 0.15) is 0 Å². The summed E-state index contributed by atoms with van der Waals surface area (Å²) in [5.74, 6) is 0. The van der Waals surface area contributed by atoms with E-state index in [1.165, 1.54) is 0 Å². The summed E-state index contributed by atoms with van der Waals surface area (Å²) in [4.78, 5) is 6.55. The second-order valence-electron chi connectivity index (χ2n) is 9.83. The third-order valence-electron chi connectivity index (χ3n) is 6.40. The van der Waals surface area contributed by atoms with Gasteiger partial charge in [0, 0.05) is 57.5 Å². The predicted molar refractivity (Wildman–Crippen MR) is 182 cm³/mol. The average Bonchev–Trinajstić information content (AvgIpc) is 2.98. The Hall–Kier alpha value is -3.14. The Kier molecular flexibility index (Phi) is 14.3. The number of halogens is 5. The zero-order valence-corrected chi connectivity index (χ0v) is 28.9. The lowest BCUT2D eigenvalue weighted by atomic mass is 9.95. The van der Waals surface area contributed by atoms with Crippen molar-refractivity contribution in [3.8, 4) is 0 Å². The van der Waals surface area contributed by atoms with Gasteiger partial charge in [0.2, 0.25) is 0 Å². The molecule has 0 bridgehead atoms. The van der Waals surface area contributed by atoms with E-state index in [0.29, 0.717) is 20.1 Å². The van der Waals surface area contributed by atoms with Crippen LogP contribution in [0.3, 0.4) is 0 Å². The summed E-state index contributed by atoms with van der Waals surface area (Å²) in [5.41, 5.74) is 7.90. The molecule has 1 aliphatic rings. The molecule has 3 aromatic carbocycles. The van der Waals surface area contributed by atoms with E-state index in [2.05, 4.69) is 52.4 Å². The molecule has 1 aliphatic carbocycles. The largest absolute Gasteiger partial charge is 0.378 e. The van der Waals surface area contributed by atoms with Crippen LogP contribution in [0.4, 0.5) is 5.69 Å². The molecule has 46 heavy (non-hydrogen) atoms. The van der Waals surface area contributed by atoms with Crippen LogP contribution in [-0.4, -0.2) is 26.4 Å². The molecule has 0 N–H and O–H groups in total. The lowest BCUT2D eigenvalue weighted by Crippen LogP contribution is -2.68. The van der Waals surface area contributed by atoms with Crippen LogP contribution < -0.4 is 23.5 Å². The monoisotopic (exact) mass is 717 g/mol. The van der Waals surface area contributed by atoms with Crippen LogP contribution in [0.5, 0.6) is 0 Å². The molecule has 0 aliphatic heterocycles. The Morgan fingerprint density at radius 3 is 1.78 bits per heavy atom. The van der Waals surface area contributed by atoms with Gasteiger partial charge in [-0.25, -0.2) is 18.6 Å². The summed E-state index contributed by atoms with van der Waals surface area (Å²) in [6, 6.07) is 19.5. The Balaban J connectivity index is 0.00000107. The first-order valence-corrected chi connectivity index (χ1v) is 16.5. The van der Waals surface area contributed by atoms with Gasteiger partial charge in [-0.1, -0.05) is 113 Å². The van der Waals surface area contributed by atoms with Crippen molar-refractivity contribution in [1.29, 1.82) is 0 Å². The minimum atomic E-state index is -4.94. The maximum Gasteiger partial charge on any atom is 0.0574 e. The molecule has 0 saturated heterocycles. The molecule has 4 rings (SSSR count). The maximum absolute atomic E-state index is 8.49. The summed E-state index contributed by atoms with van der Waals surface area (Å²) in [5, 5.41) is 2.37. The van der Waals surface area contributed by atoms with Crippen LogP contribution in [0.25, 0.3) is 11.1 Å². The summed E-state index contributed by atoms with van der Waals surface area (Å²) in [7, 11) is -0.900. The highest BCUT2D eigenvalue weighted by molar-refractivity contribution is 6.36. The third-order valence-corrected chi connectivity index (χ3v) is 7.50. The van der Waals surface area contributed by atoms with Crippen molar-refractivity contribution in [2.45, 2.75) is 6.92 Å². The zero-order chi connectivity index (χ0) is 33.9. The Bertz CT molecular complexity index is 1710. The lowest BCUT2D eigenvalue weighted by Gasteiger charge is -2.17. The van der Waals surface area contributed by atoms with E-state index < -0.39 is 10.2 Å². The minimum absolute atomic E-state index is 0.587. The molecule has 0 heterocycles. The molecule has 6 nitrogen and oxygen atoms in total. The van der Waals surface area contributed by atoms with Crippen molar-refractivity contribution >= 4 is 68.9 Å². The number of nitrogens with zero attached hydrogens (tertiary/aromatic N) is 2. The SMILES string of the molecule is CCN=C1C=CC(=C(C=CC=CC=C(c2ccc(N(C)C)cc2)c2ccc(Cl)cc2Cl)c2ccc(Cl)cc2Cl)C=C1.[O-][Cl+3]([O-])([O-])[O-]. The summed E-state index contributed by atoms with van der Waals surface area (Å²) < 4.78 is 34.0. The first kappa shape index (κ1) is 37.3. The number of hydrogen-bond donors (Lipinski definition) is 0. The van der Waals surface area contributed by atoms with E-state index in [-0.39, 0.29) is 0 Å². The van der Waals surface area contributed by atoms with Crippen LogP contribution >= 0.6 is 46.4 Å². The fourth-order valence-electron chi connectivity index (χ4n) is 4.33. The van der Waals surface area contributed by atoms with Gasteiger partial charge in [0.25, 0.3) is 0 Å². The molecule has 0 atom stereocenters. The van der Waals surface area contributed by atoms with Crippen LogP contribution in [-0.2, 0) is 0 Å². The molecule has 0 radical (unpaired) electrons. The summed E-state index contributed by atoms with van der Waals surface area (Å²) in [6.07, 6.45) is 18.2. The van der Waals surface area contributed by atoms with Gasteiger partial charge in [-0.05, 0) is 77.8 Å². The van der Waals surface area contributed by atoms with E-state index in [4.69, 9.17) is 65.0 Å². The summed E-state index contributed by atoms with van der Waals surface area (Å²) in [6.45, 7) is 2.76. The molecule has 0 amide bonds. The normalized spacial score (nSPS) is 13.3. The number of rotatable bonds is 8. The smallest absolute Gasteiger partial charge is 0.0574 e. The second kappa shape index (κ2) is 17.7. The van der Waals surface area contributed by atoms with Gasteiger partial charge in [0.05, 0.1) is 5.71 Å². The molecule has 240 valence electrons. The standard InChI is InChI=1S/C35H30Cl4N2.ClHO4/c1-4-40-28-16-10-24(11-17-28)30(32-20-14-26(36)22-34(32)38)8-6-5-7-9-31(33-21-15-27(37)23-35(33)39)25-12-18-29(19-13-25)41(2)3;2-1(3,4)5/h5-23H,4H2,1-3H3;(H,2,3,4,5)/p-1. The first-order valence-electron chi connectivity index (χ1n) is 13.8. The number of aliphatic imine (C=N–C) groups is 1. The van der Waals surface area contributed by atoms with E-state index in [1.807, 2.05) is 81.7 Å². The number of allylic oxidation sites excluding steroid dienone is 11. The van der Waals surface area contributed by atoms with Crippen LogP contribution in [0.15, 0.2) is 126 Å². The molecular formula is C35H30Cl5N2O4-. The van der Waals surface area contributed by atoms with Crippen LogP contribution in [0.1, 0.15) is 23.6 Å². The average molecular weight is 720 g/mol. The van der Waals surface area contributed by atoms with Gasteiger partial charge in [-0.15, -0.1) is 10.2 Å². The highest BCUT2D eigenvalue weighted by Gasteiger charge is 2.11. The molecule has 3 aromatic rings. The highest BCUT2D eigenvalue weighted by atomic mass is 35.7. The van der Waals surface area contributed by atoms with Crippen molar-refractivity contribution in [2.75, 3.05) is 25.5 Å². The van der Waals surface area contributed by atoms with E-state index in [9.17, 15) is 0 Å². The van der Waals surface area contributed by atoms with Crippen molar-refractivity contribution in [3.05, 3.63) is 158 Å². The minimum Gasteiger partial charge on any atom is -0.378 e. The molecule has 0 aromatic heterocycles. The second-order valence-corrected chi connectivity index (χ2v) is 12.3. The van der Waals surface area contributed by atoms with Crippen molar-refractivity contribution < 1.29 is 28.9 Å². The lowest BCUT2D eigenvalue weighted by molar-refractivity contribution is -2.00. The van der Waals surface area contributed by atoms with Gasteiger partial charge in [0.15, 0.2) is 0 Å². The van der Waals surface area contributed by atoms with Gasteiger partial charge in [-0.2, -0.15) is 0 Å². The van der Waals surface area contributed by atoms with E-state index >= 15 is 0 Å². The van der Waals surface area contributed by atoms with Gasteiger partial charge in [-0.3, -0.25) is 4.99 Å². The van der Waals surface area contributed by atoms with Gasteiger partial charge >= 0.3 is 0 Å². The Labute approximate surface area is 291 Å². The molecule has 0 spiro atoms. The molecule has 11 heteroatoms. The first-order chi connectivity index (χ1) is 21.8. The molecule has 0 saturated carbocycles. The fourth-order valence-corrected chi connectivity index (χ4v) is 5.36. The zero-order valence-electron chi connectivity index (χ0n) is 25.1. The summed E-state index contributed by atoms with van der Waals surface area (Å²) >= 11 is 25.6. The topological polar surface area (TPSA) is 108 Å². The maximum atomic E-state index is 8.49.